The molecule has 3 aromatic carbocycles. The van der Waals surface area contributed by atoms with E-state index in [1.54, 1.807) is 42.5 Å². The molecule has 0 aromatic heterocycles. The number of aryl methyl sites for hydroxylation is 1. The van der Waals surface area contributed by atoms with Gasteiger partial charge in [0.25, 0.3) is 10.0 Å². The van der Waals surface area contributed by atoms with Gasteiger partial charge in [-0.3, -0.25) is 13.9 Å². The number of amides is 2. The van der Waals surface area contributed by atoms with Gasteiger partial charge >= 0.3 is 0 Å². The number of anilines is 1. The van der Waals surface area contributed by atoms with E-state index >= 15 is 0 Å². The summed E-state index contributed by atoms with van der Waals surface area (Å²) in [6.45, 7) is 3.59. The van der Waals surface area contributed by atoms with Gasteiger partial charge in [-0.1, -0.05) is 89.8 Å². The molecule has 0 aliphatic heterocycles. The summed E-state index contributed by atoms with van der Waals surface area (Å²) in [5, 5.41) is 3.14. The monoisotopic (exact) mass is 625 g/mol. The third kappa shape index (κ3) is 7.31. The number of hydrogen-bond donors (Lipinski definition) is 1. The molecule has 0 spiro atoms. The third-order valence-corrected chi connectivity index (χ3v) is 9.51. The Labute approximate surface area is 245 Å². The van der Waals surface area contributed by atoms with Crippen LogP contribution in [0.25, 0.3) is 0 Å². The van der Waals surface area contributed by atoms with Crippen molar-refractivity contribution in [1.29, 1.82) is 0 Å². The van der Waals surface area contributed by atoms with E-state index in [2.05, 4.69) is 21.2 Å². The summed E-state index contributed by atoms with van der Waals surface area (Å²) in [5.74, 6) is -0.648. The van der Waals surface area contributed by atoms with Crippen molar-refractivity contribution in [3.63, 3.8) is 0 Å². The molecular formula is C31H36BrN3O4S. The topological polar surface area (TPSA) is 86.8 Å². The maximum absolute atomic E-state index is 14.1. The van der Waals surface area contributed by atoms with Gasteiger partial charge in [-0.25, -0.2) is 8.42 Å². The van der Waals surface area contributed by atoms with E-state index in [1.165, 1.54) is 17.0 Å². The Morgan fingerprint density at radius 2 is 1.68 bits per heavy atom. The summed E-state index contributed by atoms with van der Waals surface area (Å²) in [5.41, 5.74) is 2.27. The molecule has 1 atom stereocenters. The van der Waals surface area contributed by atoms with E-state index < -0.39 is 28.5 Å². The summed E-state index contributed by atoms with van der Waals surface area (Å²) in [7, 11) is -4.09. The number of benzene rings is 3. The zero-order chi connectivity index (χ0) is 28.7. The molecule has 0 heterocycles. The lowest BCUT2D eigenvalue weighted by molar-refractivity contribution is -0.140. The largest absolute Gasteiger partial charge is 0.352 e. The Kier molecular flexibility index (Phi) is 10.0. The van der Waals surface area contributed by atoms with Gasteiger partial charge in [0.05, 0.1) is 10.6 Å². The van der Waals surface area contributed by atoms with Crippen molar-refractivity contribution in [2.24, 2.45) is 0 Å². The molecule has 3 aromatic rings. The molecule has 4 rings (SSSR count). The Bertz CT molecular complexity index is 1430. The predicted molar refractivity (Wildman–Crippen MR) is 161 cm³/mol. The summed E-state index contributed by atoms with van der Waals surface area (Å²) in [6.07, 6.45) is 4.41. The maximum Gasteiger partial charge on any atom is 0.264 e. The van der Waals surface area contributed by atoms with Crippen molar-refractivity contribution in [1.82, 2.24) is 10.2 Å². The lowest BCUT2D eigenvalue weighted by atomic mass is 10.1. The van der Waals surface area contributed by atoms with E-state index in [0.717, 1.165) is 41.1 Å². The normalized spacial score (nSPS) is 14.5. The van der Waals surface area contributed by atoms with Crippen molar-refractivity contribution in [3.8, 4) is 0 Å². The van der Waals surface area contributed by atoms with E-state index in [1.807, 2.05) is 38.1 Å². The Morgan fingerprint density at radius 3 is 2.33 bits per heavy atom. The molecule has 0 radical (unpaired) electrons. The highest BCUT2D eigenvalue weighted by atomic mass is 79.9. The van der Waals surface area contributed by atoms with Gasteiger partial charge in [0.1, 0.15) is 12.6 Å². The number of nitrogens with one attached hydrogen (secondary N) is 1. The van der Waals surface area contributed by atoms with E-state index in [4.69, 9.17) is 0 Å². The molecule has 1 saturated carbocycles. The van der Waals surface area contributed by atoms with Gasteiger partial charge in [0.2, 0.25) is 11.8 Å². The number of sulfonamides is 1. The number of nitrogens with zero attached hydrogens (tertiary/aromatic N) is 2. The molecule has 40 heavy (non-hydrogen) atoms. The van der Waals surface area contributed by atoms with Crippen LogP contribution < -0.4 is 9.62 Å². The van der Waals surface area contributed by atoms with Crippen LogP contribution >= 0.6 is 15.9 Å². The summed E-state index contributed by atoms with van der Waals surface area (Å²) < 4.78 is 29.5. The minimum Gasteiger partial charge on any atom is -0.352 e. The Balaban J connectivity index is 1.71. The van der Waals surface area contributed by atoms with Crippen LogP contribution in [0.3, 0.4) is 0 Å². The highest BCUT2D eigenvalue weighted by Gasteiger charge is 2.34. The molecule has 1 aliphatic rings. The van der Waals surface area contributed by atoms with Gasteiger partial charge in [0.15, 0.2) is 0 Å². The van der Waals surface area contributed by atoms with Gasteiger partial charge in [-0.05, 0) is 62.1 Å². The number of rotatable bonds is 11. The molecule has 1 unspecified atom stereocenters. The fraction of sp³-hybridized carbons (Fsp3) is 0.355. The number of carbonyl (C=O) groups is 2. The molecular weight excluding hydrogens is 590 g/mol. The Hall–Kier alpha value is -3.17. The second-order valence-electron chi connectivity index (χ2n) is 10.2. The van der Waals surface area contributed by atoms with Gasteiger partial charge < -0.3 is 10.2 Å². The van der Waals surface area contributed by atoms with Crippen LogP contribution in [0.15, 0.2) is 88.2 Å². The van der Waals surface area contributed by atoms with Crippen LogP contribution in [0.2, 0.25) is 0 Å². The Morgan fingerprint density at radius 1 is 0.975 bits per heavy atom. The zero-order valence-electron chi connectivity index (χ0n) is 22.9. The fourth-order valence-corrected chi connectivity index (χ4v) is 6.99. The van der Waals surface area contributed by atoms with Crippen molar-refractivity contribution in [2.45, 2.75) is 69.5 Å². The van der Waals surface area contributed by atoms with Crippen molar-refractivity contribution in [2.75, 3.05) is 10.8 Å². The summed E-state index contributed by atoms with van der Waals surface area (Å²) in [4.78, 5) is 29.3. The molecule has 0 saturated heterocycles. The van der Waals surface area contributed by atoms with E-state index in [-0.39, 0.29) is 23.4 Å². The standard InChI is InChI=1S/C31H36BrN3O4S/c1-3-29(31(37)33-26-14-7-8-15-26)34(21-24-12-9-11-23(2)19-24)30(36)22-35(27-16-10-13-25(32)20-27)40(38,39)28-17-5-4-6-18-28/h4-6,9-13,16-20,26,29H,3,7-8,14-15,21-22H2,1-2H3,(H,33,37). The molecule has 1 fully saturated rings. The average Bonchev–Trinajstić information content (AvgIpc) is 3.45. The van der Waals surface area contributed by atoms with E-state index in [9.17, 15) is 18.0 Å². The quantitative estimate of drug-likeness (QED) is 0.291. The molecule has 2 amide bonds. The second-order valence-corrected chi connectivity index (χ2v) is 13.0. The lowest BCUT2D eigenvalue weighted by Crippen LogP contribution is -2.53. The lowest BCUT2D eigenvalue weighted by Gasteiger charge is -2.34. The highest BCUT2D eigenvalue weighted by molar-refractivity contribution is 9.10. The third-order valence-electron chi connectivity index (χ3n) is 7.23. The van der Waals surface area contributed by atoms with Crippen LogP contribution in [-0.2, 0) is 26.2 Å². The molecule has 9 heteroatoms. The number of halogens is 1. The first-order valence-electron chi connectivity index (χ1n) is 13.7. The molecule has 1 N–H and O–H groups in total. The molecule has 212 valence electrons. The maximum atomic E-state index is 14.1. The van der Waals surface area contributed by atoms with Crippen LogP contribution in [0.5, 0.6) is 0 Å². The van der Waals surface area contributed by atoms with Gasteiger partial charge in [0, 0.05) is 17.1 Å². The zero-order valence-corrected chi connectivity index (χ0v) is 25.3. The second kappa shape index (κ2) is 13.5. The molecule has 0 bridgehead atoms. The SMILES string of the molecule is CCC(C(=O)NC1CCCC1)N(Cc1cccc(C)c1)C(=O)CN(c1cccc(Br)c1)S(=O)(=O)c1ccccc1. The minimum absolute atomic E-state index is 0.0824. The number of hydrogen-bond acceptors (Lipinski definition) is 4. The highest BCUT2D eigenvalue weighted by Crippen LogP contribution is 2.27. The van der Waals surface area contributed by atoms with Crippen LogP contribution in [0, 0.1) is 6.92 Å². The minimum atomic E-state index is -4.09. The van der Waals surface area contributed by atoms with Crippen molar-refractivity contribution >= 4 is 43.5 Å². The van der Waals surface area contributed by atoms with Crippen molar-refractivity contribution < 1.29 is 18.0 Å². The summed E-state index contributed by atoms with van der Waals surface area (Å²) in [6, 6.07) is 22.1. The van der Waals surface area contributed by atoms with E-state index in [0.29, 0.717) is 16.6 Å². The predicted octanol–water partition coefficient (Wildman–Crippen LogP) is 5.82. The smallest absolute Gasteiger partial charge is 0.264 e. The molecule has 1 aliphatic carbocycles. The number of carbonyl (C=O) groups excluding carboxylic acids is 2. The fourth-order valence-electron chi connectivity index (χ4n) is 5.17. The summed E-state index contributed by atoms with van der Waals surface area (Å²) >= 11 is 3.42. The molecule has 7 nitrogen and oxygen atoms in total. The van der Waals surface area contributed by atoms with Crippen molar-refractivity contribution in [3.05, 3.63) is 94.5 Å². The van der Waals surface area contributed by atoms with Crippen LogP contribution in [0.4, 0.5) is 5.69 Å². The van der Waals surface area contributed by atoms with Gasteiger partial charge in [-0.15, -0.1) is 0 Å². The first-order chi connectivity index (χ1) is 19.2. The first kappa shape index (κ1) is 29.8. The van der Waals surface area contributed by atoms with Gasteiger partial charge in [-0.2, -0.15) is 0 Å². The first-order valence-corrected chi connectivity index (χ1v) is 15.9. The van der Waals surface area contributed by atoms with Crippen LogP contribution in [-0.4, -0.2) is 43.8 Å². The van der Waals surface area contributed by atoms with Crippen LogP contribution in [0.1, 0.15) is 50.2 Å². The average molecular weight is 627 g/mol.